The predicted octanol–water partition coefficient (Wildman–Crippen LogP) is 4.45. The smallest absolute Gasteiger partial charge is 0.330 e. The summed E-state index contributed by atoms with van der Waals surface area (Å²) < 4.78 is 1.81. The van der Waals surface area contributed by atoms with Gasteiger partial charge in [0.25, 0.3) is 0 Å². The second-order valence-electron chi connectivity index (χ2n) is 3.98. The molecule has 0 spiro atoms. The van der Waals surface area contributed by atoms with Crippen LogP contribution in [0.25, 0.3) is 0 Å². The van der Waals surface area contributed by atoms with Gasteiger partial charge >= 0.3 is 5.97 Å². The minimum Gasteiger partial charge on any atom is -0.479 e. The van der Waals surface area contributed by atoms with Crippen LogP contribution >= 0.6 is 31.9 Å². The average molecular weight is 385 g/mol. The zero-order valence-electron chi connectivity index (χ0n) is 9.81. The lowest BCUT2D eigenvalue weighted by atomic mass is 10.1. The number of benzene rings is 2. The molecule has 5 heteroatoms. The van der Waals surface area contributed by atoms with Crippen molar-refractivity contribution in [2.75, 3.05) is 5.32 Å². The van der Waals surface area contributed by atoms with Gasteiger partial charge in [-0.05, 0) is 42.0 Å². The Balaban J connectivity index is 2.26. The van der Waals surface area contributed by atoms with Gasteiger partial charge < -0.3 is 10.4 Å². The molecule has 2 rings (SSSR count). The van der Waals surface area contributed by atoms with E-state index in [2.05, 4.69) is 37.2 Å². The van der Waals surface area contributed by atoms with Gasteiger partial charge in [-0.25, -0.2) is 4.79 Å². The van der Waals surface area contributed by atoms with Crippen LogP contribution < -0.4 is 5.32 Å². The summed E-state index contributed by atoms with van der Waals surface area (Å²) in [7, 11) is 0. The van der Waals surface area contributed by atoms with Crippen LogP contribution in [0.15, 0.2) is 57.5 Å². The van der Waals surface area contributed by atoms with Crippen LogP contribution in [0.1, 0.15) is 11.6 Å². The van der Waals surface area contributed by atoms with E-state index in [4.69, 9.17) is 0 Å². The van der Waals surface area contributed by atoms with Crippen LogP contribution in [-0.4, -0.2) is 11.1 Å². The lowest BCUT2D eigenvalue weighted by molar-refractivity contribution is -0.138. The standard InChI is InChI=1S/C14H11Br2NO2/c15-10-4-6-12(7-5-10)17-13(14(18)19)9-2-1-3-11(16)8-9/h1-8,13,17H,(H,18,19). The maximum Gasteiger partial charge on any atom is 0.330 e. The molecule has 0 saturated heterocycles. The Kier molecular flexibility index (Phi) is 4.61. The first-order chi connectivity index (χ1) is 9.06. The number of anilines is 1. The number of carboxylic acid groups (broad SMARTS) is 1. The second kappa shape index (κ2) is 6.21. The number of aliphatic carboxylic acids is 1. The highest BCUT2D eigenvalue weighted by Gasteiger charge is 2.19. The van der Waals surface area contributed by atoms with Gasteiger partial charge in [0.15, 0.2) is 6.04 Å². The summed E-state index contributed by atoms with van der Waals surface area (Å²) in [5.74, 6) is -0.916. The number of carboxylic acids is 1. The van der Waals surface area contributed by atoms with E-state index in [1.165, 1.54) is 0 Å². The predicted molar refractivity (Wildman–Crippen MR) is 82.3 cm³/mol. The van der Waals surface area contributed by atoms with Gasteiger partial charge in [-0.2, -0.15) is 0 Å². The molecule has 2 N–H and O–H groups in total. The molecule has 0 aliphatic heterocycles. The molecule has 2 aromatic carbocycles. The van der Waals surface area contributed by atoms with Crippen LogP contribution in [0.4, 0.5) is 5.69 Å². The largest absolute Gasteiger partial charge is 0.479 e. The molecule has 0 amide bonds. The van der Waals surface area contributed by atoms with Gasteiger partial charge in [0.1, 0.15) is 0 Å². The fraction of sp³-hybridized carbons (Fsp3) is 0.0714. The Labute approximate surface area is 127 Å². The Morgan fingerprint density at radius 1 is 1.05 bits per heavy atom. The first-order valence-corrected chi connectivity index (χ1v) is 7.15. The first-order valence-electron chi connectivity index (χ1n) is 5.56. The topological polar surface area (TPSA) is 49.3 Å². The van der Waals surface area contributed by atoms with E-state index >= 15 is 0 Å². The summed E-state index contributed by atoms with van der Waals surface area (Å²) in [4.78, 5) is 11.4. The van der Waals surface area contributed by atoms with E-state index in [9.17, 15) is 9.90 Å². The van der Waals surface area contributed by atoms with Gasteiger partial charge in [-0.1, -0.05) is 44.0 Å². The van der Waals surface area contributed by atoms with Crippen molar-refractivity contribution in [3.05, 3.63) is 63.0 Å². The fourth-order valence-electron chi connectivity index (χ4n) is 1.69. The average Bonchev–Trinajstić information content (AvgIpc) is 2.37. The van der Waals surface area contributed by atoms with E-state index in [0.29, 0.717) is 5.56 Å². The highest BCUT2D eigenvalue weighted by molar-refractivity contribution is 9.10. The molecule has 0 aliphatic rings. The van der Waals surface area contributed by atoms with Gasteiger partial charge in [0.2, 0.25) is 0 Å². The molecular weight excluding hydrogens is 374 g/mol. The number of hydrogen-bond acceptors (Lipinski definition) is 2. The molecule has 0 heterocycles. The maximum absolute atomic E-state index is 11.4. The number of hydrogen-bond donors (Lipinski definition) is 2. The molecule has 2 aromatic rings. The SMILES string of the molecule is O=C(O)C(Nc1ccc(Br)cc1)c1cccc(Br)c1. The van der Waals surface area contributed by atoms with E-state index in [0.717, 1.165) is 14.6 Å². The molecular formula is C14H11Br2NO2. The van der Waals surface area contributed by atoms with Crippen LogP contribution in [0.5, 0.6) is 0 Å². The normalized spacial score (nSPS) is 11.9. The van der Waals surface area contributed by atoms with E-state index in [-0.39, 0.29) is 0 Å². The van der Waals surface area contributed by atoms with Gasteiger partial charge in [0, 0.05) is 14.6 Å². The highest BCUT2D eigenvalue weighted by atomic mass is 79.9. The third-order valence-electron chi connectivity index (χ3n) is 2.58. The van der Waals surface area contributed by atoms with Crippen LogP contribution in [-0.2, 0) is 4.79 Å². The molecule has 0 fully saturated rings. The molecule has 0 aliphatic carbocycles. The summed E-state index contributed by atoms with van der Waals surface area (Å²) in [6.45, 7) is 0. The van der Waals surface area contributed by atoms with Crippen molar-refractivity contribution >= 4 is 43.5 Å². The van der Waals surface area contributed by atoms with Crippen LogP contribution in [0.2, 0.25) is 0 Å². The zero-order valence-corrected chi connectivity index (χ0v) is 13.0. The molecule has 0 bridgehead atoms. The summed E-state index contributed by atoms with van der Waals surface area (Å²) in [5.41, 5.74) is 1.46. The summed E-state index contributed by atoms with van der Waals surface area (Å²) in [6.07, 6.45) is 0. The number of nitrogens with one attached hydrogen (secondary N) is 1. The highest BCUT2D eigenvalue weighted by Crippen LogP contribution is 2.23. The summed E-state index contributed by atoms with van der Waals surface area (Å²) in [5, 5.41) is 12.4. The van der Waals surface area contributed by atoms with Crippen LogP contribution in [0, 0.1) is 0 Å². The molecule has 1 atom stereocenters. The monoisotopic (exact) mass is 383 g/mol. The molecule has 0 radical (unpaired) electrons. The second-order valence-corrected chi connectivity index (χ2v) is 5.81. The van der Waals surface area contributed by atoms with Gasteiger partial charge in [-0.3, -0.25) is 0 Å². The lowest BCUT2D eigenvalue weighted by Crippen LogP contribution is -2.20. The number of rotatable bonds is 4. The minimum absolute atomic E-state index is 0.699. The minimum atomic E-state index is -0.916. The number of carbonyl (C=O) groups is 1. The van der Waals surface area contributed by atoms with Crippen molar-refractivity contribution in [1.82, 2.24) is 0 Å². The number of halogens is 2. The van der Waals surface area contributed by atoms with Crippen molar-refractivity contribution in [2.24, 2.45) is 0 Å². The lowest BCUT2D eigenvalue weighted by Gasteiger charge is -2.16. The fourth-order valence-corrected chi connectivity index (χ4v) is 2.37. The Morgan fingerprint density at radius 3 is 2.32 bits per heavy atom. The van der Waals surface area contributed by atoms with Gasteiger partial charge in [0.05, 0.1) is 0 Å². The van der Waals surface area contributed by atoms with E-state index in [1.807, 2.05) is 36.4 Å². The van der Waals surface area contributed by atoms with Crippen molar-refractivity contribution < 1.29 is 9.90 Å². The van der Waals surface area contributed by atoms with Crippen LogP contribution in [0.3, 0.4) is 0 Å². The van der Waals surface area contributed by atoms with Crippen molar-refractivity contribution in [1.29, 1.82) is 0 Å². The molecule has 1 unspecified atom stereocenters. The van der Waals surface area contributed by atoms with Crippen molar-refractivity contribution in [2.45, 2.75) is 6.04 Å². The quantitative estimate of drug-likeness (QED) is 0.818. The molecule has 0 saturated carbocycles. The molecule has 0 aromatic heterocycles. The Morgan fingerprint density at radius 2 is 1.74 bits per heavy atom. The molecule has 19 heavy (non-hydrogen) atoms. The van der Waals surface area contributed by atoms with E-state index in [1.54, 1.807) is 12.1 Å². The Bertz CT molecular complexity index is 584. The summed E-state index contributed by atoms with van der Waals surface area (Å²) in [6, 6.07) is 13.9. The molecule has 3 nitrogen and oxygen atoms in total. The third-order valence-corrected chi connectivity index (χ3v) is 3.61. The van der Waals surface area contributed by atoms with E-state index < -0.39 is 12.0 Å². The maximum atomic E-state index is 11.4. The van der Waals surface area contributed by atoms with Crippen molar-refractivity contribution in [3.63, 3.8) is 0 Å². The zero-order chi connectivity index (χ0) is 13.8. The molecule has 98 valence electrons. The summed E-state index contributed by atoms with van der Waals surface area (Å²) >= 11 is 6.69. The van der Waals surface area contributed by atoms with Crippen molar-refractivity contribution in [3.8, 4) is 0 Å². The Hall–Kier alpha value is -1.33. The third kappa shape index (κ3) is 3.81. The first kappa shape index (κ1) is 14.1. The van der Waals surface area contributed by atoms with Gasteiger partial charge in [-0.15, -0.1) is 0 Å².